The van der Waals surface area contributed by atoms with Crippen molar-refractivity contribution in [1.29, 1.82) is 0 Å². The van der Waals surface area contributed by atoms with Crippen molar-refractivity contribution < 1.29 is 4.39 Å². The number of nitrogens with zero attached hydrogens (tertiary/aromatic N) is 1. The molecule has 0 saturated carbocycles. The Bertz CT molecular complexity index is 508. The molecular formula is C13H15FN2S. The molecule has 0 bridgehead atoms. The van der Waals surface area contributed by atoms with Crippen molar-refractivity contribution in [3.05, 3.63) is 45.9 Å². The molecule has 2 N–H and O–H groups in total. The van der Waals surface area contributed by atoms with Crippen LogP contribution in [0.25, 0.3) is 0 Å². The zero-order valence-electron chi connectivity index (χ0n) is 9.90. The van der Waals surface area contributed by atoms with Crippen molar-refractivity contribution in [2.75, 3.05) is 17.7 Å². The van der Waals surface area contributed by atoms with E-state index < -0.39 is 0 Å². The number of thiophene rings is 1. The van der Waals surface area contributed by atoms with Crippen molar-refractivity contribution in [2.45, 2.75) is 13.5 Å². The van der Waals surface area contributed by atoms with Gasteiger partial charge in [0.15, 0.2) is 0 Å². The molecule has 0 spiro atoms. The lowest BCUT2D eigenvalue weighted by Crippen LogP contribution is -2.17. The number of anilines is 2. The van der Waals surface area contributed by atoms with E-state index >= 15 is 0 Å². The molecule has 0 saturated heterocycles. The predicted octanol–water partition coefficient (Wildman–Crippen LogP) is 3.41. The van der Waals surface area contributed by atoms with Gasteiger partial charge in [-0.2, -0.15) is 0 Å². The molecule has 4 heteroatoms. The lowest BCUT2D eigenvalue weighted by Gasteiger charge is -2.21. The average molecular weight is 250 g/mol. The molecule has 1 heterocycles. The van der Waals surface area contributed by atoms with Gasteiger partial charge >= 0.3 is 0 Å². The maximum Gasteiger partial charge on any atom is 0.128 e. The molecule has 2 aromatic rings. The fraction of sp³-hybridized carbons (Fsp3) is 0.231. The second-order valence-corrected chi connectivity index (χ2v) is 5.13. The Morgan fingerprint density at radius 1 is 1.41 bits per heavy atom. The molecule has 1 aromatic carbocycles. The molecule has 0 unspecified atom stereocenters. The smallest absolute Gasteiger partial charge is 0.128 e. The summed E-state index contributed by atoms with van der Waals surface area (Å²) in [5, 5.41) is 2.04. The zero-order valence-corrected chi connectivity index (χ0v) is 10.7. The third-order valence-electron chi connectivity index (χ3n) is 2.69. The molecule has 0 aliphatic carbocycles. The van der Waals surface area contributed by atoms with Crippen LogP contribution in [0.3, 0.4) is 0 Å². The summed E-state index contributed by atoms with van der Waals surface area (Å²) in [4.78, 5) is 3.29. The summed E-state index contributed by atoms with van der Waals surface area (Å²) in [6.07, 6.45) is 0. The maximum atomic E-state index is 13.3. The molecule has 17 heavy (non-hydrogen) atoms. The van der Waals surface area contributed by atoms with Gasteiger partial charge in [-0.3, -0.25) is 0 Å². The van der Waals surface area contributed by atoms with Crippen molar-refractivity contribution in [3.63, 3.8) is 0 Å². The van der Waals surface area contributed by atoms with Gasteiger partial charge in [0.2, 0.25) is 0 Å². The highest BCUT2D eigenvalue weighted by molar-refractivity contribution is 7.09. The number of benzene rings is 1. The molecular weight excluding hydrogens is 235 g/mol. The molecule has 0 radical (unpaired) electrons. The summed E-state index contributed by atoms with van der Waals surface area (Å²) in [5.41, 5.74) is 7.81. The van der Waals surface area contributed by atoms with Crippen LogP contribution in [0.5, 0.6) is 0 Å². The highest BCUT2D eigenvalue weighted by atomic mass is 32.1. The topological polar surface area (TPSA) is 29.3 Å². The Labute approximate surface area is 104 Å². The minimum absolute atomic E-state index is 0.254. The molecule has 2 nitrogen and oxygen atoms in total. The Hall–Kier alpha value is -1.55. The number of halogens is 1. The van der Waals surface area contributed by atoms with Gasteiger partial charge in [-0.25, -0.2) is 4.39 Å². The number of nitrogens with two attached hydrogens (primary N) is 1. The number of hydrogen-bond acceptors (Lipinski definition) is 3. The maximum absolute atomic E-state index is 13.3. The van der Waals surface area contributed by atoms with E-state index in [2.05, 4.69) is 6.07 Å². The lowest BCUT2D eigenvalue weighted by molar-refractivity contribution is 0.619. The molecule has 90 valence electrons. The standard InChI is InChI=1S/C13H15FN2S/c1-9-6-13(12(15)7-11(9)14)16(2)8-10-4-3-5-17-10/h3-7H,8,15H2,1-2H3. The van der Waals surface area contributed by atoms with Gasteiger partial charge < -0.3 is 10.6 Å². The van der Waals surface area contributed by atoms with Gasteiger partial charge in [-0.1, -0.05) is 6.07 Å². The molecule has 0 atom stereocenters. The van der Waals surface area contributed by atoms with Crippen LogP contribution in [0, 0.1) is 12.7 Å². The van der Waals surface area contributed by atoms with E-state index in [1.165, 1.54) is 10.9 Å². The van der Waals surface area contributed by atoms with Crippen molar-refractivity contribution in [1.82, 2.24) is 0 Å². The number of aryl methyl sites for hydroxylation is 1. The van der Waals surface area contributed by atoms with Gasteiger partial charge in [0.05, 0.1) is 17.9 Å². The minimum Gasteiger partial charge on any atom is -0.397 e. The summed E-state index contributed by atoms with van der Waals surface area (Å²) < 4.78 is 13.3. The second-order valence-electron chi connectivity index (χ2n) is 4.10. The molecule has 0 amide bonds. The van der Waals surface area contributed by atoms with Gasteiger partial charge in [-0.05, 0) is 36.1 Å². The third-order valence-corrected chi connectivity index (χ3v) is 3.55. The first-order chi connectivity index (χ1) is 8.08. The summed E-state index contributed by atoms with van der Waals surface area (Å²) in [6, 6.07) is 7.27. The summed E-state index contributed by atoms with van der Waals surface area (Å²) in [7, 11) is 1.96. The van der Waals surface area contributed by atoms with E-state index in [0.717, 1.165) is 12.2 Å². The SMILES string of the molecule is Cc1cc(N(C)Cc2cccs2)c(N)cc1F. The van der Waals surface area contributed by atoms with E-state index in [9.17, 15) is 4.39 Å². The van der Waals surface area contributed by atoms with E-state index in [1.54, 1.807) is 24.3 Å². The molecule has 0 aliphatic rings. The Morgan fingerprint density at radius 3 is 2.82 bits per heavy atom. The van der Waals surface area contributed by atoms with Crippen LogP contribution in [0.1, 0.15) is 10.4 Å². The number of nitrogen functional groups attached to an aromatic ring is 1. The lowest BCUT2D eigenvalue weighted by atomic mass is 10.1. The summed E-state index contributed by atoms with van der Waals surface area (Å²) in [6.45, 7) is 2.53. The first kappa shape index (κ1) is 11.9. The normalized spacial score (nSPS) is 10.5. The van der Waals surface area contributed by atoms with E-state index in [0.29, 0.717) is 11.3 Å². The first-order valence-corrected chi connectivity index (χ1v) is 6.25. The molecule has 0 aliphatic heterocycles. The van der Waals surface area contributed by atoms with Crippen LogP contribution in [0.2, 0.25) is 0 Å². The summed E-state index contributed by atoms with van der Waals surface area (Å²) in [5.74, 6) is -0.254. The largest absolute Gasteiger partial charge is 0.397 e. The fourth-order valence-electron chi connectivity index (χ4n) is 1.73. The first-order valence-electron chi connectivity index (χ1n) is 5.37. The summed E-state index contributed by atoms with van der Waals surface area (Å²) >= 11 is 1.70. The predicted molar refractivity (Wildman–Crippen MR) is 72.0 cm³/mol. The van der Waals surface area contributed by atoms with Crippen molar-refractivity contribution in [3.8, 4) is 0 Å². The Balaban J connectivity index is 2.24. The van der Waals surface area contributed by atoms with Crippen LogP contribution in [0.4, 0.5) is 15.8 Å². The Morgan fingerprint density at radius 2 is 2.18 bits per heavy atom. The van der Waals surface area contributed by atoms with Gasteiger partial charge in [0.1, 0.15) is 5.82 Å². The third kappa shape index (κ3) is 2.58. The van der Waals surface area contributed by atoms with Gasteiger partial charge in [-0.15, -0.1) is 11.3 Å². The van der Waals surface area contributed by atoms with Crippen molar-refractivity contribution >= 4 is 22.7 Å². The average Bonchev–Trinajstić information content (AvgIpc) is 2.76. The second kappa shape index (κ2) is 4.75. The molecule has 0 fully saturated rings. The fourth-order valence-corrected chi connectivity index (χ4v) is 2.49. The van der Waals surface area contributed by atoms with Crippen LogP contribution >= 0.6 is 11.3 Å². The number of hydrogen-bond donors (Lipinski definition) is 1. The molecule has 1 aromatic heterocycles. The monoisotopic (exact) mass is 250 g/mol. The van der Waals surface area contributed by atoms with E-state index in [-0.39, 0.29) is 5.82 Å². The van der Waals surface area contributed by atoms with Crippen LogP contribution in [-0.2, 0) is 6.54 Å². The van der Waals surface area contributed by atoms with Crippen LogP contribution < -0.4 is 10.6 Å². The Kier molecular flexibility index (Phi) is 3.33. The van der Waals surface area contributed by atoms with Gasteiger partial charge in [0, 0.05) is 11.9 Å². The number of rotatable bonds is 3. The van der Waals surface area contributed by atoms with Crippen LogP contribution in [0.15, 0.2) is 29.6 Å². The minimum atomic E-state index is -0.254. The molecule has 2 rings (SSSR count). The zero-order chi connectivity index (χ0) is 12.4. The van der Waals surface area contributed by atoms with Crippen molar-refractivity contribution in [2.24, 2.45) is 0 Å². The van der Waals surface area contributed by atoms with Gasteiger partial charge in [0.25, 0.3) is 0 Å². The van der Waals surface area contributed by atoms with Crippen LogP contribution in [-0.4, -0.2) is 7.05 Å². The van der Waals surface area contributed by atoms with E-state index in [1.807, 2.05) is 23.4 Å². The quantitative estimate of drug-likeness (QED) is 0.846. The highest BCUT2D eigenvalue weighted by Crippen LogP contribution is 2.27. The highest BCUT2D eigenvalue weighted by Gasteiger charge is 2.09. The van der Waals surface area contributed by atoms with E-state index in [4.69, 9.17) is 5.73 Å².